The van der Waals surface area contributed by atoms with Crippen LogP contribution in [0.15, 0.2) is 72.8 Å². The maximum atomic E-state index is 12.3. The Bertz CT molecular complexity index is 940. The second-order valence-corrected chi connectivity index (χ2v) is 7.54. The molecule has 0 atom stereocenters. The number of benzene rings is 3. The van der Waals surface area contributed by atoms with E-state index in [-0.39, 0.29) is 11.7 Å². The van der Waals surface area contributed by atoms with Gasteiger partial charge in [-0.2, -0.15) is 0 Å². The molecule has 0 radical (unpaired) electrons. The molecule has 1 amide bonds. The fourth-order valence-corrected chi connectivity index (χ4v) is 3.33. The van der Waals surface area contributed by atoms with Crippen molar-refractivity contribution in [1.82, 2.24) is 10.2 Å². The number of halogens is 1. The van der Waals surface area contributed by atoms with Crippen LogP contribution in [0.25, 0.3) is 0 Å². The number of nitrogens with zero attached hydrogens (tertiary/aromatic N) is 1. The number of phenols is 1. The average molecular weight is 409 g/mol. The van der Waals surface area contributed by atoms with Crippen molar-refractivity contribution >= 4 is 17.5 Å². The summed E-state index contributed by atoms with van der Waals surface area (Å²) in [6.45, 7) is 2.08. The number of nitrogens with one attached hydrogen (secondary N) is 1. The van der Waals surface area contributed by atoms with Gasteiger partial charge >= 0.3 is 0 Å². The molecule has 0 spiro atoms. The van der Waals surface area contributed by atoms with Gasteiger partial charge in [-0.1, -0.05) is 54.1 Å². The quantitative estimate of drug-likeness (QED) is 0.570. The lowest BCUT2D eigenvalue weighted by atomic mass is 10.1. The van der Waals surface area contributed by atoms with E-state index in [9.17, 15) is 9.90 Å². The van der Waals surface area contributed by atoms with E-state index in [2.05, 4.69) is 10.2 Å². The monoisotopic (exact) mass is 408 g/mol. The Morgan fingerprint density at radius 1 is 0.931 bits per heavy atom. The minimum Gasteiger partial charge on any atom is -0.508 e. The summed E-state index contributed by atoms with van der Waals surface area (Å²) in [7, 11) is 2.05. The molecular formula is C24H25ClN2O2. The highest BCUT2D eigenvalue weighted by molar-refractivity contribution is 6.31. The Kier molecular flexibility index (Phi) is 7.28. The molecule has 0 bridgehead atoms. The van der Waals surface area contributed by atoms with Crippen LogP contribution < -0.4 is 5.32 Å². The highest BCUT2D eigenvalue weighted by atomic mass is 35.5. The molecule has 0 unspecified atom stereocenters. The van der Waals surface area contributed by atoms with E-state index in [1.54, 1.807) is 12.1 Å². The molecule has 3 rings (SSSR count). The Morgan fingerprint density at radius 3 is 2.28 bits per heavy atom. The lowest BCUT2D eigenvalue weighted by Crippen LogP contribution is -2.25. The predicted molar refractivity (Wildman–Crippen MR) is 117 cm³/mol. The molecule has 5 heteroatoms. The fourth-order valence-electron chi connectivity index (χ4n) is 3.13. The first kappa shape index (κ1) is 20.9. The van der Waals surface area contributed by atoms with Crippen LogP contribution in [0.5, 0.6) is 5.75 Å². The number of aromatic hydroxyl groups is 1. The van der Waals surface area contributed by atoms with Gasteiger partial charge in [0.15, 0.2) is 0 Å². The highest BCUT2D eigenvalue weighted by Gasteiger charge is 2.08. The van der Waals surface area contributed by atoms with E-state index in [1.165, 1.54) is 0 Å². The van der Waals surface area contributed by atoms with Crippen LogP contribution in [-0.2, 0) is 19.5 Å². The van der Waals surface area contributed by atoms with Crippen molar-refractivity contribution in [3.8, 4) is 5.75 Å². The lowest BCUT2D eigenvalue weighted by molar-refractivity contribution is 0.0954. The predicted octanol–water partition coefficient (Wildman–Crippen LogP) is 4.65. The van der Waals surface area contributed by atoms with Crippen LogP contribution in [0.2, 0.25) is 5.02 Å². The molecule has 0 aliphatic heterocycles. The lowest BCUT2D eigenvalue weighted by Gasteiger charge is -2.17. The fraction of sp³-hybridized carbons (Fsp3) is 0.208. The number of carbonyl (C=O) groups excluding carboxylic acids is 1. The summed E-state index contributed by atoms with van der Waals surface area (Å²) in [5, 5.41) is 13.0. The normalized spacial score (nSPS) is 10.9. The SMILES string of the molecule is CN(Cc1ccc(C(=O)NCCc2ccc(O)cc2)cc1)Cc1ccccc1Cl. The van der Waals surface area contributed by atoms with Gasteiger partial charge in [0, 0.05) is 30.2 Å². The van der Waals surface area contributed by atoms with Crippen LogP contribution in [0.1, 0.15) is 27.0 Å². The molecule has 150 valence electrons. The number of carbonyl (C=O) groups is 1. The summed E-state index contributed by atoms with van der Waals surface area (Å²) in [6.07, 6.45) is 0.719. The molecule has 0 aromatic heterocycles. The zero-order valence-corrected chi connectivity index (χ0v) is 17.2. The van der Waals surface area contributed by atoms with Gasteiger partial charge in [-0.05, 0) is 60.5 Å². The van der Waals surface area contributed by atoms with Crippen LogP contribution in [0.4, 0.5) is 0 Å². The second kappa shape index (κ2) is 10.1. The van der Waals surface area contributed by atoms with Gasteiger partial charge < -0.3 is 10.4 Å². The largest absolute Gasteiger partial charge is 0.508 e. The van der Waals surface area contributed by atoms with Gasteiger partial charge in [0.05, 0.1) is 0 Å². The summed E-state index contributed by atoms with van der Waals surface area (Å²) >= 11 is 6.23. The van der Waals surface area contributed by atoms with Crippen LogP contribution in [0, 0.1) is 0 Å². The van der Waals surface area contributed by atoms with E-state index in [0.29, 0.717) is 12.1 Å². The minimum absolute atomic E-state index is 0.0836. The Morgan fingerprint density at radius 2 is 1.59 bits per heavy atom. The number of amides is 1. The number of hydrogen-bond acceptors (Lipinski definition) is 3. The van der Waals surface area contributed by atoms with Crippen molar-refractivity contribution in [3.05, 3.63) is 100 Å². The first-order valence-electron chi connectivity index (χ1n) is 9.58. The third-order valence-corrected chi connectivity index (χ3v) is 5.07. The summed E-state index contributed by atoms with van der Waals surface area (Å²) in [6, 6.07) is 22.6. The molecule has 0 aliphatic rings. The zero-order valence-electron chi connectivity index (χ0n) is 16.4. The first-order chi connectivity index (χ1) is 14.0. The molecule has 3 aromatic rings. The van der Waals surface area contributed by atoms with Crippen molar-refractivity contribution < 1.29 is 9.90 Å². The van der Waals surface area contributed by atoms with E-state index in [4.69, 9.17) is 11.6 Å². The van der Waals surface area contributed by atoms with Crippen LogP contribution in [-0.4, -0.2) is 29.5 Å². The summed E-state index contributed by atoms with van der Waals surface area (Å²) in [4.78, 5) is 14.5. The van der Waals surface area contributed by atoms with Crippen molar-refractivity contribution in [1.29, 1.82) is 0 Å². The molecule has 0 heterocycles. The average Bonchev–Trinajstić information content (AvgIpc) is 2.71. The molecule has 0 saturated carbocycles. The van der Waals surface area contributed by atoms with Gasteiger partial charge in [0.25, 0.3) is 5.91 Å². The molecule has 0 aliphatic carbocycles. The Hall–Kier alpha value is -2.82. The summed E-state index contributed by atoms with van der Waals surface area (Å²) < 4.78 is 0. The van der Waals surface area contributed by atoms with Crippen molar-refractivity contribution in [2.24, 2.45) is 0 Å². The van der Waals surface area contributed by atoms with E-state index < -0.39 is 0 Å². The smallest absolute Gasteiger partial charge is 0.251 e. The van der Waals surface area contributed by atoms with Gasteiger partial charge in [-0.15, -0.1) is 0 Å². The second-order valence-electron chi connectivity index (χ2n) is 7.13. The van der Waals surface area contributed by atoms with Gasteiger partial charge in [-0.3, -0.25) is 9.69 Å². The van der Waals surface area contributed by atoms with Crippen LogP contribution >= 0.6 is 11.6 Å². The van der Waals surface area contributed by atoms with Crippen molar-refractivity contribution in [2.75, 3.05) is 13.6 Å². The molecule has 0 saturated heterocycles. The summed E-state index contributed by atoms with van der Waals surface area (Å²) in [5.74, 6) is 0.162. The van der Waals surface area contributed by atoms with Crippen molar-refractivity contribution in [2.45, 2.75) is 19.5 Å². The molecule has 3 aromatic carbocycles. The Labute approximate surface area is 176 Å². The minimum atomic E-state index is -0.0836. The topological polar surface area (TPSA) is 52.6 Å². The molecule has 0 fully saturated rings. The van der Waals surface area contributed by atoms with Gasteiger partial charge in [0.2, 0.25) is 0 Å². The van der Waals surface area contributed by atoms with Gasteiger partial charge in [0.1, 0.15) is 5.75 Å². The zero-order chi connectivity index (χ0) is 20.6. The molecular weight excluding hydrogens is 384 g/mol. The maximum Gasteiger partial charge on any atom is 0.251 e. The number of phenolic OH excluding ortho intramolecular Hbond substituents is 1. The summed E-state index contributed by atoms with van der Waals surface area (Å²) in [5.41, 5.74) is 3.95. The highest BCUT2D eigenvalue weighted by Crippen LogP contribution is 2.17. The van der Waals surface area contributed by atoms with E-state index >= 15 is 0 Å². The Balaban J connectivity index is 1.48. The third-order valence-electron chi connectivity index (χ3n) is 4.70. The number of hydrogen-bond donors (Lipinski definition) is 2. The third kappa shape index (κ3) is 6.34. The van der Waals surface area contributed by atoms with Crippen molar-refractivity contribution in [3.63, 3.8) is 0 Å². The maximum absolute atomic E-state index is 12.3. The standard InChI is InChI=1S/C24H25ClN2O2/c1-27(17-21-4-2-3-5-23(21)25)16-19-6-10-20(11-7-19)24(29)26-15-14-18-8-12-22(28)13-9-18/h2-13,28H,14-17H2,1H3,(H,26,29). The molecule has 29 heavy (non-hydrogen) atoms. The van der Waals surface area contributed by atoms with Gasteiger partial charge in [-0.25, -0.2) is 0 Å². The first-order valence-corrected chi connectivity index (χ1v) is 9.96. The molecule has 2 N–H and O–H groups in total. The van der Waals surface area contributed by atoms with E-state index in [1.807, 2.05) is 67.7 Å². The van der Waals surface area contributed by atoms with Crippen LogP contribution in [0.3, 0.4) is 0 Å². The molecule has 4 nitrogen and oxygen atoms in total. The van der Waals surface area contributed by atoms with E-state index in [0.717, 1.165) is 41.2 Å². The number of rotatable bonds is 8.